The highest BCUT2D eigenvalue weighted by Gasteiger charge is 2.31. The molecule has 216 valence electrons. The maximum atomic E-state index is 12.6. The van der Waals surface area contributed by atoms with E-state index in [0.29, 0.717) is 30.1 Å². The fourth-order valence-corrected chi connectivity index (χ4v) is 4.58. The van der Waals surface area contributed by atoms with Gasteiger partial charge < -0.3 is 14.8 Å². The molecule has 0 unspecified atom stereocenters. The Morgan fingerprint density at radius 1 is 1.02 bits per heavy atom. The average molecular weight is 578 g/mol. The molecule has 42 heavy (non-hydrogen) atoms. The third-order valence-corrected chi connectivity index (χ3v) is 6.55. The second kappa shape index (κ2) is 11.8. The minimum atomic E-state index is -4.76. The van der Waals surface area contributed by atoms with Gasteiger partial charge in [0.05, 0.1) is 11.3 Å². The van der Waals surface area contributed by atoms with Crippen LogP contribution in [0.25, 0.3) is 22.6 Å². The molecule has 0 fully saturated rings. The van der Waals surface area contributed by atoms with Gasteiger partial charge in [0, 0.05) is 12.1 Å². The fraction of sp³-hybridized carbons (Fsp3) is 0.200. The molecule has 1 aromatic heterocycles. The van der Waals surface area contributed by atoms with Crippen molar-refractivity contribution in [3.63, 3.8) is 0 Å². The Labute approximate surface area is 239 Å². The smallest absolute Gasteiger partial charge is 0.470 e. The lowest BCUT2D eigenvalue weighted by Crippen LogP contribution is -2.36. The Hall–Kier alpha value is -5.13. The number of urea groups is 1. The summed E-state index contributed by atoms with van der Waals surface area (Å²) in [5, 5.41) is 9.85. The first-order valence-electron chi connectivity index (χ1n) is 13.0. The lowest BCUT2D eigenvalue weighted by molar-refractivity contribution is -0.274. The molecule has 9 nitrogen and oxygen atoms in total. The number of amides is 2. The highest BCUT2D eigenvalue weighted by atomic mass is 19.4. The Balaban J connectivity index is 1.16. The zero-order valence-electron chi connectivity index (χ0n) is 22.7. The monoisotopic (exact) mass is 577 g/mol. The number of alkyl halides is 3. The molecule has 1 aliphatic rings. The van der Waals surface area contributed by atoms with Crippen molar-refractivity contribution >= 4 is 17.4 Å². The van der Waals surface area contributed by atoms with E-state index < -0.39 is 12.4 Å². The number of aromatic nitrogens is 3. The quantitative estimate of drug-likeness (QED) is 0.296. The first-order chi connectivity index (χ1) is 20.1. The molecule has 2 amide bonds. The van der Waals surface area contributed by atoms with Crippen LogP contribution in [0.4, 0.5) is 18.0 Å². The van der Waals surface area contributed by atoms with Gasteiger partial charge in [-0.2, -0.15) is 0 Å². The number of benzene rings is 3. The Bertz CT molecular complexity index is 1620. The molecule has 0 atom stereocenters. The zero-order chi connectivity index (χ0) is 29.9. The van der Waals surface area contributed by atoms with E-state index in [-0.39, 0.29) is 24.0 Å². The second-order valence-electron chi connectivity index (χ2n) is 9.57. The maximum Gasteiger partial charge on any atom is 0.573 e. The molecule has 0 aliphatic carbocycles. The van der Waals surface area contributed by atoms with Gasteiger partial charge in [-0.3, -0.25) is 10.1 Å². The van der Waals surface area contributed by atoms with Gasteiger partial charge in [-0.25, -0.2) is 14.5 Å². The highest BCUT2D eigenvalue weighted by Crippen LogP contribution is 2.30. The molecule has 5 rings (SSSR count). The molecule has 0 saturated carbocycles. The van der Waals surface area contributed by atoms with Gasteiger partial charge in [0.15, 0.2) is 12.4 Å². The van der Waals surface area contributed by atoms with Crippen LogP contribution in [0.15, 0.2) is 78.9 Å². The van der Waals surface area contributed by atoms with Crippen molar-refractivity contribution in [3.05, 3.63) is 101 Å². The van der Waals surface area contributed by atoms with Gasteiger partial charge >= 0.3 is 12.4 Å². The van der Waals surface area contributed by atoms with Gasteiger partial charge in [0.1, 0.15) is 12.1 Å². The number of ether oxygens (including phenoxy) is 2. The normalized spacial score (nSPS) is 13.2. The van der Waals surface area contributed by atoms with Crippen molar-refractivity contribution in [2.75, 3.05) is 13.2 Å². The number of aryl methyl sites for hydroxylation is 2. The first kappa shape index (κ1) is 28.4. The molecule has 0 spiro atoms. The molecule has 0 bridgehead atoms. The molecule has 3 aromatic carbocycles. The lowest BCUT2D eigenvalue weighted by atomic mass is 9.94. The second-order valence-corrected chi connectivity index (χ2v) is 9.57. The minimum absolute atomic E-state index is 0.124. The van der Waals surface area contributed by atoms with Gasteiger partial charge in [-0.1, -0.05) is 42.5 Å². The van der Waals surface area contributed by atoms with E-state index in [1.54, 1.807) is 0 Å². The van der Waals surface area contributed by atoms with Crippen LogP contribution >= 0.6 is 0 Å². The van der Waals surface area contributed by atoms with Crippen molar-refractivity contribution in [1.82, 2.24) is 25.4 Å². The number of carbonyl (C=O) groups is 2. The summed E-state index contributed by atoms with van der Waals surface area (Å²) >= 11 is 0. The summed E-state index contributed by atoms with van der Waals surface area (Å²) in [4.78, 5) is 29.4. The number of halogens is 3. The van der Waals surface area contributed by atoms with Gasteiger partial charge in [0.2, 0.25) is 11.7 Å². The van der Waals surface area contributed by atoms with Crippen molar-refractivity contribution < 1.29 is 32.2 Å². The lowest BCUT2D eigenvalue weighted by Gasteiger charge is -2.12. The maximum absolute atomic E-state index is 12.6. The number of carbonyl (C=O) groups excluding carboxylic acids is 2. The summed E-state index contributed by atoms with van der Waals surface area (Å²) in [7, 11) is 0. The largest absolute Gasteiger partial charge is 0.573 e. The summed E-state index contributed by atoms with van der Waals surface area (Å²) in [5.41, 5.74) is 5.21. The third-order valence-electron chi connectivity index (χ3n) is 6.55. The van der Waals surface area contributed by atoms with Crippen molar-refractivity contribution in [1.29, 1.82) is 0 Å². The molecule has 0 saturated heterocycles. The highest BCUT2D eigenvalue weighted by molar-refractivity contribution is 6.24. The Kier molecular flexibility index (Phi) is 7.96. The molecule has 1 aliphatic heterocycles. The molecule has 2 N–H and O–H groups in total. The average Bonchev–Trinajstić information content (AvgIpc) is 3.56. The van der Waals surface area contributed by atoms with Crippen LogP contribution in [0, 0.1) is 13.8 Å². The SMILES string of the molecule is Cc1cccc(C)c1C1=C(NC(=O)NCCc2ccc(-c3ncn(-c4ccc(OC(F)(F)F)cc4)n3)cc2)OCC1=O. The van der Waals surface area contributed by atoms with Gasteiger partial charge in [0.25, 0.3) is 0 Å². The molecule has 2 heterocycles. The van der Waals surface area contributed by atoms with Crippen molar-refractivity contribution in [3.8, 4) is 22.8 Å². The summed E-state index contributed by atoms with van der Waals surface area (Å²) in [5.74, 6) is 0.0800. The van der Waals surface area contributed by atoms with Crippen LogP contribution < -0.4 is 15.4 Å². The number of hydrogen-bond acceptors (Lipinski definition) is 6. The predicted octanol–water partition coefficient (Wildman–Crippen LogP) is 5.26. The van der Waals surface area contributed by atoms with Gasteiger partial charge in [-0.15, -0.1) is 18.3 Å². The molecule has 0 radical (unpaired) electrons. The topological polar surface area (TPSA) is 107 Å². The van der Waals surface area contributed by atoms with E-state index in [0.717, 1.165) is 27.8 Å². The van der Waals surface area contributed by atoms with E-state index in [9.17, 15) is 22.8 Å². The minimum Gasteiger partial charge on any atom is -0.470 e. The Morgan fingerprint density at radius 3 is 2.38 bits per heavy atom. The van der Waals surface area contributed by atoms with Crippen LogP contribution in [0.1, 0.15) is 22.3 Å². The van der Waals surface area contributed by atoms with Crippen LogP contribution in [0.3, 0.4) is 0 Å². The van der Waals surface area contributed by atoms with Gasteiger partial charge in [-0.05, 0) is 66.8 Å². The number of nitrogens with zero attached hydrogens (tertiary/aromatic N) is 3. The summed E-state index contributed by atoms with van der Waals surface area (Å²) in [6, 6.07) is 18.0. The first-order valence-corrected chi connectivity index (χ1v) is 13.0. The van der Waals surface area contributed by atoms with E-state index in [2.05, 4.69) is 25.5 Å². The molecular weight excluding hydrogens is 551 g/mol. The standard InChI is InChI=1S/C30H26F3N5O4/c1-18-4-3-5-19(2)25(18)26-24(39)16-41-28(26)36-29(40)34-15-14-20-6-8-21(9-7-20)27-35-17-38(37-27)22-10-12-23(13-11-22)42-30(31,32)33/h3-13,17H,14-16H2,1-2H3,(H2,34,36,40). The summed E-state index contributed by atoms with van der Waals surface area (Å²) in [6.45, 7) is 4.03. The number of rotatable bonds is 8. The van der Waals surface area contributed by atoms with Crippen molar-refractivity contribution in [2.45, 2.75) is 26.6 Å². The number of hydrogen-bond donors (Lipinski definition) is 2. The van der Waals surface area contributed by atoms with E-state index in [1.807, 2.05) is 56.3 Å². The fourth-order valence-electron chi connectivity index (χ4n) is 4.58. The van der Waals surface area contributed by atoms with Crippen LogP contribution in [0.2, 0.25) is 0 Å². The van der Waals surface area contributed by atoms with Crippen molar-refractivity contribution in [2.24, 2.45) is 0 Å². The molecular formula is C30H26F3N5O4. The Morgan fingerprint density at radius 2 is 1.71 bits per heavy atom. The van der Waals surface area contributed by atoms with E-state index >= 15 is 0 Å². The predicted molar refractivity (Wildman–Crippen MR) is 148 cm³/mol. The molecule has 4 aromatic rings. The number of nitrogens with one attached hydrogen (secondary N) is 2. The summed E-state index contributed by atoms with van der Waals surface area (Å²) in [6.07, 6.45) is -2.75. The van der Waals surface area contributed by atoms with E-state index in [4.69, 9.17) is 4.74 Å². The number of ketones is 1. The third kappa shape index (κ3) is 6.60. The number of Topliss-reactive ketones (excluding diaryl/α,β-unsaturated/α-hetero) is 1. The van der Waals surface area contributed by atoms with Crippen LogP contribution in [0.5, 0.6) is 5.75 Å². The zero-order valence-corrected chi connectivity index (χ0v) is 22.7. The van der Waals surface area contributed by atoms with Crippen LogP contribution in [-0.2, 0) is 16.0 Å². The molecule has 12 heteroatoms. The van der Waals surface area contributed by atoms with Crippen LogP contribution in [-0.4, -0.2) is 46.1 Å². The summed E-state index contributed by atoms with van der Waals surface area (Å²) < 4.78 is 48.0. The van der Waals surface area contributed by atoms with E-state index in [1.165, 1.54) is 35.3 Å².